The molecule has 15 heavy (non-hydrogen) atoms. The smallest absolute Gasteiger partial charge is 0.191 e. The van der Waals surface area contributed by atoms with Crippen molar-refractivity contribution in [3.8, 4) is 0 Å². The molecule has 0 N–H and O–H groups in total. The van der Waals surface area contributed by atoms with Crippen LogP contribution in [0, 0.1) is 3.57 Å². The molecule has 0 bridgehead atoms. The third-order valence-corrected chi connectivity index (χ3v) is 2.93. The molecule has 0 amide bonds. The fourth-order valence-electron chi connectivity index (χ4n) is 1.51. The van der Waals surface area contributed by atoms with Crippen LogP contribution in [-0.4, -0.2) is 13.2 Å². The Morgan fingerprint density at radius 3 is 1.93 bits per heavy atom. The second-order valence-corrected chi connectivity index (χ2v) is 4.56. The van der Waals surface area contributed by atoms with Crippen LogP contribution in [0.4, 0.5) is 0 Å². The molecule has 0 aliphatic rings. The second-order valence-electron chi connectivity index (χ2n) is 3.32. The number of rotatable bonds is 5. The molecule has 0 saturated carbocycles. The topological polar surface area (TPSA) is 18.5 Å². The Balaban J connectivity index is 2.92. The molecule has 0 fully saturated rings. The van der Waals surface area contributed by atoms with Crippen LogP contribution >= 0.6 is 22.6 Å². The van der Waals surface area contributed by atoms with Crippen molar-refractivity contribution < 1.29 is 9.47 Å². The van der Waals surface area contributed by atoms with Crippen molar-refractivity contribution in [2.45, 2.75) is 26.6 Å². The molecule has 2 nitrogen and oxygen atoms in total. The van der Waals surface area contributed by atoms with E-state index in [9.17, 15) is 0 Å². The Hall–Kier alpha value is -0.130. The van der Waals surface area contributed by atoms with E-state index >= 15 is 0 Å². The highest BCUT2D eigenvalue weighted by atomic mass is 127. The summed E-state index contributed by atoms with van der Waals surface area (Å²) in [6, 6.07) is 8.22. The number of hydrogen-bond acceptors (Lipinski definition) is 2. The zero-order valence-electron chi connectivity index (χ0n) is 9.42. The molecule has 1 aromatic carbocycles. The zero-order chi connectivity index (χ0) is 11.3. The molecule has 0 saturated heterocycles. The Bertz CT molecular complexity index is 289. The molecular weight excluding hydrogens is 303 g/mol. The first-order chi connectivity index (χ1) is 7.12. The quantitative estimate of drug-likeness (QED) is 0.610. The maximum Gasteiger partial charge on any atom is 0.191 e. The standard InChI is InChI=1S/C12H17IO2/c1-4-14-12(3,15-5-2)10-6-8-11(13)9-7-10/h6-9H,4-5H2,1-3H3. The summed E-state index contributed by atoms with van der Waals surface area (Å²) >= 11 is 2.29. The fourth-order valence-corrected chi connectivity index (χ4v) is 1.87. The van der Waals surface area contributed by atoms with E-state index in [-0.39, 0.29) is 0 Å². The molecule has 84 valence electrons. The van der Waals surface area contributed by atoms with Crippen LogP contribution in [0.15, 0.2) is 24.3 Å². The van der Waals surface area contributed by atoms with Crippen LogP contribution < -0.4 is 0 Å². The molecule has 0 aromatic heterocycles. The van der Waals surface area contributed by atoms with Gasteiger partial charge in [0, 0.05) is 22.3 Å². The molecule has 0 spiro atoms. The van der Waals surface area contributed by atoms with Crippen LogP contribution in [0.3, 0.4) is 0 Å². The van der Waals surface area contributed by atoms with Gasteiger partial charge < -0.3 is 9.47 Å². The summed E-state index contributed by atoms with van der Waals surface area (Å²) in [6.45, 7) is 7.20. The lowest BCUT2D eigenvalue weighted by Crippen LogP contribution is -2.29. The van der Waals surface area contributed by atoms with Crippen molar-refractivity contribution in [1.29, 1.82) is 0 Å². The van der Waals surface area contributed by atoms with Crippen LogP contribution in [0.25, 0.3) is 0 Å². The van der Waals surface area contributed by atoms with Gasteiger partial charge in [-0.2, -0.15) is 0 Å². The van der Waals surface area contributed by atoms with E-state index in [2.05, 4.69) is 34.7 Å². The minimum absolute atomic E-state index is 0.617. The highest BCUT2D eigenvalue weighted by Crippen LogP contribution is 2.27. The van der Waals surface area contributed by atoms with Gasteiger partial charge in [-0.05, 0) is 55.5 Å². The molecule has 1 aromatic rings. The summed E-state index contributed by atoms with van der Waals surface area (Å²) in [6.07, 6.45) is 0. The van der Waals surface area contributed by atoms with Crippen molar-refractivity contribution in [3.05, 3.63) is 33.4 Å². The number of hydrogen-bond donors (Lipinski definition) is 0. The van der Waals surface area contributed by atoms with Crippen molar-refractivity contribution in [3.63, 3.8) is 0 Å². The summed E-state index contributed by atoms with van der Waals surface area (Å²) in [5.41, 5.74) is 1.06. The monoisotopic (exact) mass is 320 g/mol. The number of ether oxygens (including phenoxy) is 2. The Labute approximate surface area is 105 Å². The third-order valence-electron chi connectivity index (χ3n) is 2.21. The Morgan fingerprint density at radius 2 is 1.53 bits per heavy atom. The normalized spacial score (nSPS) is 11.7. The SMILES string of the molecule is CCOC(C)(OCC)c1ccc(I)cc1. The van der Waals surface area contributed by atoms with Crippen LogP contribution in [0.1, 0.15) is 26.3 Å². The van der Waals surface area contributed by atoms with Gasteiger partial charge in [-0.3, -0.25) is 0 Å². The summed E-state index contributed by atoms with van der Waals surface area (Å²) < 4.78 is 12.6. The molecule has 0 unspecified atom stereocenters. The van der Waals surface area contributed by atoms with E-state index in [0.29, 0.717) is 13.2 Å². The predicted molar refractivity (Wildman–Crippen MR) is 69.8 cm³/mol. The molecule has 0 aliphatic carbocycles. The number of benzene rings is 1. The average Bonchev–Trinajstić information content (AvgIpc) is 2.19. The van der Waals surface area contributed by atoms with Crippen LogP contribution in [0.5, 0.6) is 0 Å². The minimum atomic E-state index is -0.617. The highest BCUT2D eigenvalue weighted by Gasteiger charge is 2.27. The lowest BCUT2D eigenvalue weighted by Gasteiger charge is -2.29. The molecule has 3 heteroatoms. The molecule has 0 aliphatic heterocycles. The first-order valence-corrected chi connectivity index (χ1v) is 6.24. The first-order valence-electron chi connectivity index (χ1n) is 5.16. The van der Waals surface area contributed by atoms with Crippen LogP contribution in [-0.2, 0) is 15.3 Å². The van der Waals surface area contributed by atoms with E-state index in [1.807, 2.05) is 32.9 Å². The third kappa shape index (κ3) is 3.43. The maximum atomic E-state index is 5.67. The van der Waals surface area contributed by atoms with Crippen molar-refractivity contribution in [2.24, 2.45) is 0 Å². The maximum absolute atomic E-state index is 5.67. The average molecular weight is 320 g/mol. The van der Waals surface area contributed by atoms with Gasteiger partial charge >= 0.3 is 0 Å². The summed E-state index contributed by atoms with van der Waals surface area (Å²) in [5, 5.41) is 0. The van der Waals surface area contributed by atoms with E-state index < -0.39 is 5.79 Å². The minimum Gasteiger partial charge on any atom is -0.346 e. The van der Waals surface area contributed by atoms with Gasteiger partial charge in [0.2, 0.25) is 0 Å². The van der Waals surface area contributed by atoms with E-state index in [0.717, 1.165) is 5.56 Å². The fraction of sp³-hybridized carbons (Fsp3) is 0.500. The van der Waals surface area contributed by atoms with Gasteiger partial charge in [0.1, 0.15) is 0 Å². The molecule has 1 rings (SSSR count). The van der Waals surface area contributed by atoms with E-state index in [1.165, 1.54) is 3.57 Å². The van der Waals surface area contributed by atoms with Crippen molar-refractivity contribution in [2.75, 3.05) is 13.2 Å². The summed E-state index contributed by atoms with van der Waals surface area (Å²) in [5.74, 6) is -0.617. The van der Waals surface area contributed by atoms with Gasteiger partial charge in [-0.15, -0.1) is 0 Å². The van der Waals surface area contributed by atoms with Crippen molar-refractivity contribution >= 4 is 22.6 Å². The molecule has 0 heterocycles. The second kappa shape index (κ2) is 5.82. The lowest BCUT2D eigenvalue weighted by atomic mass is 10.1. The van der Waals surface area contributed by atoms with Gasteiger partial charge in [-0.1, -0.05) is 12.1 Å². The van der Waals surface area contributed by atoms with Gasteiger partial charge in [-0.25, -0.2) is 0 Å². The van der Waals surface area contributed by atoms with Gasteiger partial charge in [0.15, 0.2) is 5.79 Å². The molecule has 0 atom stereocenters. The number of halogens is 1. The van der Waals surface area contributed by atoms with Gasteiger partial charge in [0.05, 0.1) is 0 Å². The van der Waals surface area contributed by atoms with E-state index in [1.54, 1.807) is 0 Å². The summed E-state index contributed by atoms with van der Waals surface area (Å²) in [7, 11) is 0. The Kier molecular flexibility index (Phi) is 5.02. The zero-order valence-corrected chi connectivity index (χ0v) is 11.6. The van der Waals surface area contributed by atoms with Gasteiger partial charge in [0.25, 0.3) is 0 Å². The summed E-state index contributed by atoms with van der Waals surface area (Å²) in [4.78, 5) is 0. The van der Waals surface area contributed by atoms with E-state index in [4.69, 9.17) is 9.47 Å². The highest BCUT2D eigenvalue weighted by molar-refractivity contribution is 14.1. The molecular formula is C12H17IO2. The lowest BCUT2D eigenvalue weighted by molar-refractivity contribution is -0.229. The van der Waals surface area contributed by atoms with Crippen LogP contribution in [0.2, 0.25) is 0 Å². The first kappa shape index (κ1) is 12.9. The van der Waals surface area contributed by atoms with Crippen molar-refractivity contribution in [1.82, 2.24) is 0 Å². The molecule has 0 radical (unpaired) electrons. The Morgan fingerprint density at radius 1 is 1.07 bits per heavy atom. The predicted octanol–water partition coefficient (Wildman–Crippen LogP) is 3.54. The largest absolute Gasteiger partial charge is 0.346 e.